The predicted octanol–water partition coefficient (Wildman–Crippen LogP) is 4.37. The van der Waals surface area contributed by atoms with Crippen LogP contribution in [0.1, 0.15) is 40.2 Å². The van der Waals surface area contributed by atoms with Crippen LogP contribution < -0.4 is 4.74 Å². The highest BCUT2D eigenvalue weighted by atomic mass is 16.5. The summed E-state index contributed by atoms with van der Waals surface area (Å²) >= 11 is 0. The van der Waals surface area contributed by atoms with E-state index in [1.165, 1.54) is 5.57 Å². The number of allylic oxidation sites excluding steroid dienone is 2. The lowest BCUT2D eigenvalue weighted by Crippen LogP contribution is -2.10. The van der Waals surface area contributed by atoms with E-state index in [4.69, 9.17) is 9.47 Å². The number of rotatable bonds is 6. The van der Waals surface area contributed by atoms with Gasteiger partial charge >= 0.3 is 5.97 Å². The Hall–Kier alpha value is -1.77. The minimum absolute atomic E-state index is 0.00712. The number of ether oxygens (including phenoxy) is 2. The quantitative estimate of drug-likeness (QED) is 0.578. The predicted molar refractivity (Wildman–Crippen MR) is 87.6 cm³/mol. The highest BCUT2D eigenvalue weighted by Crippen LogP contribution is 2.59. The molecule has 22 heavy (non-hydrogen) atoms. The maximum atomic E-state index is 12.3. The van der Waals surface area contributed by atoms with Crippen LogP contribution >= 0.6 is 0 Å². The Labute approximate surface area is 133 Å². The molecule has 1 aromatic carbocycles. The molecule has 2 atom stereocenters. The van der Waals surface area contributed by atoms with Gasteiger partial charge in [0.25, 0.3) is 0 Å². The van der Waals surface area contributed by atoms with Crippen LogP contribution in [-0.2, 0) is 16.1 Å². The maximum Gasteiger partial charge on any atom is 0.310 e. The third-order valence-corrected chi connectivity index (χ3v) is 4.29. The van der Waals surface area contributed by atoms with E-state index in [2.05, 4.69) is 33.8 Å². The highest BCUT2D eigenvalue weighted by molar-refractivity contribution is 5.78. The lowest BCUT2D eigenvalue weighted by atomic mass is 10.1. The van der Waals surface area contributed by atoms with Gasteiger partial charge in [0.15, 0.2) is 0 Å². The van der Waals surface area contributed by atoms with E-state index in [1.807, 2.05) is 31.2 Å². The molecule has 3 nitrogen and oxygen atoms in total. The van der Waals surface area contributed by atoms with Crippen LogP contribution in [0.4, 0.5) is 0 Å². The molecule has 1 saturated carbocycles. The highest BCUT2D eigenvalue weighted by Gasteiger charge is 2.61. The molecular formula is C19H26O3. The summed E-state index contributed by atoms with van der Waals surface area (Å²) in [7, 11) is 0. The van der Waals surface area contributed by atoms with Crippen LogP contribution in [0.3, 0.4) is 0 Å². The molecule has 0 saturated heterocycles. The molecule has 0 radical (unpaired) electrons. The molecule has 0 spiro atoms. The van der Waals surface area contributed by atoms with Gasteiger partial charge in [0, 0.05) is 0 Å². The first kappa shape index (κ1) is 16.6. The van der Waals surface area contributed by atoms with Crippen LogP contribution in [0, 0.1) is 17.3 Å². The van der Waals surface area contributed by atoms with Crippen molar-refractivity contribution in [3.63, 3.8) is 0 Å². The summed E-state index contributed by atoms with van der Waals surface area (Å²) < 4.78 is 10.9. The minimum atomic E-state index is -0.0959. The molecule has 1 fully saturated rings. The molecule has 1 aromatic rings. The molecule has 0 heterocycles. The largest absolute Gasteiger partial charge is 0.494 e. The molecular weight excluding hydrogens is 276 g/mol. The van der Waals surface area contributed by atoms with Crippen molar-refractivity contribution >= 4 is 5.97 Å². The normalized spacial score (nSPS) is 21.9. The van der Waals surface area contributed by atoms with E-state index in [1.54, 1.807) is 0 Å². The fraction of sp³-hybridized carbons (Fsp3) is 0.526. The number of benzene rings is 1. The zero-order valence-corrected chi connectivity index (χ0v) is 14.2. The second-order valence-electron chi connectivity index (χ2n) is 6.75. The van der Waals surface area contributed by atoms with Crippen molar-refractivity contribution in [3.05, 3.63) is 41.5 Å². The second kappa shape index (κ2) is 6.55. The van der Waals surface area contributed by atoms with Gasteiger partial charge in [-0.25, -0.2) is 0 Å². The smallest absolute Gasteiger partial charge is 0.310 e. The minimum Gasteiger partial charge on any atom is -0.494 e. The van der Waals surface area contributed by atoms with Crippen LogP contribution in [0.15, 0.2) is 35.9 Å². The summed E-state index contributed by atoms with van der Waals surface area (Å²) in [5.74, 6) is 1.02. The van der Waals surface area contributed by atoms with E-state index in [0.717, 1.165) is 11.3 Å². The first-order valence-corrected chi connectivity index (χ1v) is 7.89. The van der Waals surface area contributed by atoms with Crippen molar-refractivity contribution in [2.24, 2.45) is 17.3 Å². The summed E-state index contributed by atoms with van der Waals surface area (Å²) in [6.07, 6.45) is 2.18. The van der Waals surface area contributed by atoms with E-state index in [-0.39, 0.29) is 17.3 Å². The summed E-state index contributed by atoms with van der Waals surface area (Å²) in [6.45, 7) is 11.3. The SMILES string of the molecule is CCOc1ccc(COC(=O)C2C(C=C(C)C)C2(C)C)cc1. The molecule has 3 heteroatoms. The van der Waals surface area contributed by atoms with Gasteiger partial charge in [0.05, 0.1) is 12.5 Å². The van der Waals surface area contributed by atoms with E-state index < -0.39 is 0 Å². The fourth-order valence-corrected chi connectivity index (χ4v) is 2.89. The molecule has 1 aliphatic carbocycles. The van der Waals surface area contributed by atoms with Crippen molar-refractivity contribution < 1.29 is 14.3 Å². The van der Waals surface area contributed by atoms with Crippen LogP contribution in [-0.4, -0.2) is 12.6 Å². The fourth-order valence-electron chi connectivity index (χ4n) is 2.89. The van der Waals surface area contributed by atoms with Crippen LogP contribution in [0.5, 0.6) is 5.75 Å². The summed E-state index contributed by atoms with van der Waals surface area (Å²) in [6, 6.07) is 7.67. The Kier molecular flexibility index (Phi) is 4.94. The van der Waals surface area contributed by atoms with Gasteiger partial charge in [-0.15, -0.1) is 0 Å². The Morgan fingerprint density at radius 3 is 2.41 bits per heavy atom. The Morgan fingerprint density at radius 1 is 1.23 bits per heavy atom. The third kappa shape index (κ3) is 3.70. The van der Waals surface area contributed by atoms with Gasteiger partial charge in [0.2, 0.25) is 0 Å². The number of hydrogen-bond acceptors (Lipinski definition) is 3. The molecule has 2 unspecified atom stereocenters. The molecule has 2 rings (SSSR count). The molecule has 0 N–H and O–H groups in total. The van der Waals surface area contributed by atoms with Crippen molar-refractivity contribution in [1.82, 2.24) is 0 Å². The monoisotopic (exact) mass is 302 g/mol. The van der Waals surface area contributed by atoms with Gasteiger partial charge in [0.1, 0.15) is 12.4 Å². The van der Waals surface area contributed by atoms with Crippen molar-refractivity contribution in [3.8, 4) is 5.75 Å². The van der Waals surface area contributed by atoms with E-state index in [0.29, 0.717) is 19.1 Å². The van der Waals surface area contributed by atoms with Crippen molar-refractivity contribution in [1.29, 1.82) is 0 Å². The number of carbonyl (C=O) groups is 1. The zero-order valence-electron chi connectivity index (χ0n) is 14.2. The second-order valence-corrected chi connectivity index (χ2v) is 6.75. The van der Waals surface area contributed by atoms with E-state index in [9.17, 15) is 4.79 Å². The molecule has 0 amide bonds. The van der Waals surface area contributed by atoms with Crippen molar-refractivity contribution in [2.75, 3.05) is 6.61 Å². The van der Waals surface area contributed by atoms with Gasteiger partial charge in [-0.1, -0.05) is 37.6 Å². The summed E-state index contributed by atoms with van der Waals surface area (Å²) in [5, 5.41) is 0. The zero-order chi connectivity index (χ0) is 16.3. The summed E-state index contributed by atoms with van der Waals surface area (Å²) in [5.41, 5.74) is 2.24. The number of carbonyl (C=O) groups excluding carboxylic acids is 1. The summed E-state index contributed by atoms with van der Waals surface area (Å²) in [4.78, 5) is 12.3. The van der Waals surface area contributed by atoms with Gasteiger partial charge in [-0.2, -0.15) is 0 Å². The Morgan fingerprint density at radius 2 is 1.86 bits per heavy atom. The van der Waals surface area contributed by atoms with Crippen molar-refractivity contribution in [2.45, 2.75) is 41.2 Å². The maximum absolute atomic E-state index is 12.3. The first-order valence-electron chi connectivity index (χ1n) is 7.89. The Bertz CT molecular complexity index is 551. The average molecular weight is 302 g/mol. The Balaban J connectivity index is 1.89. The molecule has 120 valence electrons. The van der Waals surface area contributed by atoms with E-state index >= 15 is 0 Å². The molecule has 0 aromatic heterocycles. The van der Waals surface area contributed by atoms with Gasteiger partial charge < -0.3 is 9.47 Å². The van der Waals surface area contributed by atoms with Crippen LogP contribution in [0.2, 0.25) is 0 Å². The molecule has 0 bridgehead atoms. The average Bonchev–Trinajstić information content (AvgIpc) is 2.98. The standard InChI is InChI=1S/C19H26O3/c1-6-21-15-9-7-14(8-10-15)12-22-18(20)17-16(11-13(2)3)19(17,4)5/h7-11,16-17H,6,12H2,1-5H3. The lowest BCUT2D eigenvalue weighted by molar-refractivity contribution is -0.147. The topological polar surface area (TPSA) is 35.5 Å². The lowest BCUT2D eigenvalue weighted by Gasteiger charge is -2.07. The van der Waals surface area contributed by atoms with Crippen LogP contribution in [0.25, 0.3) is 0 Å². The number of esters is 1. The van der Waals surface area contributed by atoms with Gasteiger partial charge in [-0.3, -0.25) is 4.79 Å². The number of hydrogen-bond donors (Lipinski definition) is 0. The first-order chi connectivity index (χ1) is 10.4. The van der Waals surface area contributed by atoms with Gasteiger partial charge in [-0.05, 0) is 49.8 Å². The molecule has 1 aliphatic rings. The molecule has 0 aliphatic heterocycles. The third-order valence-electron chi connectivity index (χ3n) is 4.29.